The van der Waals surface area contributed by atoms with Crippen LogP contribution < -0.4 is 10.4 Å². The van der Waals surface area contributed by atoms with Gasteiger partial charge in [-0.3, -0.25) is 9.68 Å². The van der Waals surface area contributed by atoms with Crippen LogP contribution in [0.25, 0.3) is 0 Å². The van der Waals surface area contributed by atoms with Crippen molar-refractivity contribution >= 4 is 11.7 Å². The summed E-state index contributed by atoms with van der Waals surface area (Å²) in [7, 11) is 1.34. The molecule has 0 aliphatic carbocycles. The van der Waals surface area contributed by atoms with Crippen molar-refractivity contribution in [3.05, 3.63) is 41.8 Å². The number of benzene rings is 1. The minimum atomic E-state index is -4.51. The van der Waals surface area contributed by atoms with E-state index in [4.69, 9.17) is 9.68 Å². The van der Waals surface area contributed by atoms with Crippen LogP contribution in [0, 0.1) is 0 Å². The number of nitrogens with zero attached hydrogens (tertiary/aromatic N) is 2. The maximum atomic E-state index is 12.6. The molecule has 2 amide bonds. The molecular formula is C15H18F3N3O4. The van der Waals surface area contributed by atoms with Gasteiger partial charge >= 0.3 is 12.2 Å². The molecule has 0 bridgehead atoms. The smallest absolute Gasteiger partial charge is 0.450 e. The molecule has 10 heteroatoms. The summed E-state index contributed by atoms with van der Waals surface area (Å²) < 4.78 is 42.4. The van der Waals surface area contributed by atoms with E-state index in [1.165, 1.54) is 12.0 Å². The summed E-state index contributed by atoms with van der Waals surface area (Å²) in [5, 5.41) is 1.05. The molecule has 7 nitrogen and oxygen atoms in total. The number of halogens is 3. The monoisotopic (exact) mass is 361 g/mol. The van der Waals surface area contributed by atoms with E-state index < -0.39 is 18.0 Å². The second kappa shape index (κ2) is 8.08. The molecule has 1 aliphatic rings. The van der Waals surface area contributed by atoms with Gasteiger partial charge in [-0.25, -0.2) is 10.3 Å². The molecule has 1 aromatic carbocycles. The molecule has 1 aliphatic heterocycles. The van der Waals surface area contributed by atoms with Crippen LogP contribution in [0.15, 0.2) is 36.2 Å². The Morgan fingerprint density at radius 1 is 1.36 bits per heavy atom. The third-order valence-electron chi connectivity index (χ3n) is 3.26. The van der Waals surface area contributed by atoms with E-state index in [1.54, 1.807) is 31.2 Å². The highest BCUT2D eigenvalue weighted by atomic mass is 19.4. The Morgan fingerprint density at radius 2 is 2.04 bits per heavy atom. The number of carbonyl (C=O) groups is 1. The van der Waals surface area contributed by atoms with Crippen molar-refractivity contribution in [3.8, 4) is 0 Å². The number of carbonyl (C=O) groups excluding carboxylic acids is 1. The summed E-state index contributed by atoms with van der Waals surface area (Å²) in [5.74, 6) is -1.03. The molecule has 0 saturated carbocycles. The Bertz CT molecular complexity index is 619. The van der Waals surface area contributed by atoms with Gasteiger partial charge in [-0.1, -0.05) is 12.1 Å². The van der Waals surface area contributed by atoms with Crippen molar-refractivity contribution in [2.45, 2.75) is 19.6 Å². The van der Waals surface area contributed by atoms with Gasteiger partial charge in [0.05, 0.1) is 26.5 Å². The summed E-state index contributed by atoms with van der Waals surface area (Å²) >= 11 is 0. The largest absolute Gasteiger partial charge is 0.466 e. The first-order chi connectivity index (χ1) is 11.8. The molecule has 1 N–H and O–H groups in total. The van der Waals surface area contributed by atoms with Crippen LogP contribution in [0.1, 0.15) is 12.5 Å². The van der Waals surface area contributed by atoms with E-state index in [9.17, 15) is 18.0 Å². The fourth-order valence-electron chi connectivity index (χ4n) is 2.02. The number of nitrogens with one attached hydrogen (secondary N) is 1. The standard InChI is InChI=1S/C15H18F3N3O4/c1-3-25-19-14(22)21(23-2)8-11-4-6-12(7-5-11)20-9-13(24-10-20)15(16,17)18/h4-7,9H,3,8,10H2,1-2H3,(H,19,22). The van der Waals surface area contributed by atoms with Crippen LogP contribution >= 0.6 is 0 Å². The second-order valence-electron chi connectivity index (χ2n) is 4.96. The van der Waals surface area contributed by atoms with E-state index in [0.29, 0.717) is 12.3 Å². The molecule has 1 aromatic rings. The average molecular weight is 361 g/mol. The molecule has 25 heavy (non-hydrogen) atoms. The van der Waals surface area contributed by atoms with Crippen LogP contribution in [-0.2, 0) is 21.0 Å². The molecule has 0 saturated heterocycles. The summed E-state index contributed by atoms with van der Waals surface area (Å²) in [5.41, 5.74) is 3.45. The lowest BCUT2D eigenvalue weighted by atomic mass is 10.2. The van der Waals surface area contributed by atoms with Gasteiger partial charge in [0.25, 0.3) is 0 Å². The Labute approximate surface area is 142 Å². The highest BCUT2D eigenvalue weighted by molar-refractivity contribution is 5.71. The van der Waals surface area contributed by atoms with Crippen molar-refractivity contribution in [1.82, 2.24) is 10.5 Å². The molecule has 0 atom stereocenters. The number of allylic oxidation sites excluding steroid dienone is 1. The highest BCUT2D eigenvalue weighted by Crippen LogP contribution is 2.32. The van der Waals surface area contributed by atoms with Crippen molar-refractivity contribution in [1.29, 1.82) is 0 Å². The number of urea groups is 1. The SMILES string of the molecule is CCONC(=O)N(Cc1ccc(N2C=C(C(F)(F)F)OC2)cc1)OC. The van der Waals surface area contributed by atoms with Crippen LogP contribution in [0.3, 0.4) is 0 Å². The Balaban J connectivity index is 2.00. The number of ether oxygens (including phenoxy) is 1. The first-order valence-electron chi connectivity index (χ1n) is 7.36. The number of alkyl halides is 3. The lowest BCUT2D eigenvalue weighted by molar-refractivity contribution is -0.126. The number of hydrogen-bond acceptors (Lipinski definition) is 5. The molecule has 0 unspecified atom stereocenters. The Kier molecular flexibility index (Phi) is 6.10. The molecule has 0 fully saturated rings. The minimum absolute atomic E-state index is 0.135. The van der Waals surface area contributed by atoms with E-state index in [2.05, 4.69) is 10.2 Å². The maximum absolute atomic E-state index is 12.6. The fraction of sp³-hybridized carbons (Fsp3) is 0.400. The van der Waals surface area contributed by atoms with Gasteiger partial charge in [0.15, 0.2) is 6.73 Å². The van der Waals surface area contributed by atoms with E-state index in [1.807, 2.05) is 0 Å². The van der Waals surface area contributed by atoms with Crippen LogP contribution in [-0.4, -0.2) is 37.7 Å². The van der Waals surface area contributed by atoms with Gasteiger partial charge in [-0.2, -0.15) is 18.2 Å². The molecule has 2 rings (SSSR count). The molecular weight excluding hydrogens is 343 g/mol. The number of anilines is 1. The number of hydrogen-bond donors (Lipinski definition) is 1. The Hall–Kier alpha value is -2.46. The maximum Gasteiger partial charge on any atom is 0.450 e. The first kappa shape index (κ1) is 18.9. The zero-order valence-electron chi connectivity index (χ0n) is 13.7. The van der Waals surface area contributed by atoms with Crippen LogP contribution in [0.4, 0.5) is 23.7 Å². The van der Waals surface area contributed by atoms with E-state index >= 15 is 0 Å². The van der Waals surface area contributed by atoms with E-state index in [0.717, 1.165) is 16.8 Å². The second-order valence-corrected chi connectivity index (χ2v) is 4.96. The number of amides is 2. The zero-order valence-corrected chi connectivity index (χ0v) is 13.7. The molecule has 138 valence electrons. The van der Waals surface area contributed by atoms with Crippen LogP contribution in [0.5, 0.6) is 0 Å². The molecule has 0 spiro atoms. The van der Waals surface area contributed by atoms with Gasteiger partial charge in [0.2, 0.25) is 5.76 Å². The van der Waals surface area contributed by atoms with Crippen molar-refractivity contribution in [3.63, 3.8) is 0 Å². The lowest BCUT2D eigenvalue weighted by Gasteiger charge is -2.20. The van der Waals surface area contributed by atoms with Crippen molar-refractivity contribution in [2.75, 3.05) is 25.3 Å². The highest BCUT2D eigenvalue weighted by Gasteiger charge is 2.39. The zero-order chi connectivity index (χ0) is 18.4. The third kappa shape index (κ3) is 5.00. The summed E-state index contributed by atoms with van der Waals surface area (Å²) in [4.78, 5) is 22.9. The van der Waals surface area contributed by atoms with Gasteiger partial charge in [-0.05, 0) is 24.6 Å². The normalized spacial score (nSPS) is 14.1. The molecule has 1 heterocycles. The summed E-state index contributed by atoms with van der Waals surface area (Å²) in [6.07, 6.45) is -3.60. The quantitative estimate of drug-likeness (QED) is 0.790. The van der Waals surface area contributed by atoms with Gasteiger partial charge in [-0.15, -0.1) is 0 Å². The van der Waals surface area contributed by atoms with Gasteiger partial charge in [0.1, 0.15) is 0 Å². The molecule has 0 aromatic heterocycles. The van der Waals surface area contributed by atoms with Crippen molar-refractivity contribution in [2.24, 2.45) is 0 Å². The predicted octanol–water partition coefficient (Wildman–Crippen LogP) is 2.91. The van der Waals surface area contributed by atoms with Gasteiger partial charge in [0, 0.05) is 5.69 Å². The van der Waals surface area contributed by atoms with Crippen molar-refractivity contribution < 1.29 is 32.4 Å². The Morgan fingerprint density at radius 3 is 2.56 bits per heavy atom. The number of hydroxylamine groups is 3. The predicted molar refractivity (Wildman–Crippen MR) is 81.7 cm³/mol. The molecule has 0 radical (unpaired) electrons. The topological polar surface area (TPSA) is 63.3 Å². The fourth-order valence-corrected chi connectivity index (χ4v) is 2.02. The number of rotatable bonds is 6. The lowest BCUT2D eigenvalue weighted by Crippen LogP contribution is -2.38. The summed E-state index contributed by atoms with van der Waals surface area (Å²) in [6, 6.07) is 6.04. The minimum Gasteiger partial charge on any atom is -0.466 e. The average Bonchev–Trinajstić information content (AvgIpc) is 3.08. The van der Waals surface area contributed by atoms with Gasteiger partial charge < -0.3 is 9.64 Å². The summed E-state index contributed by atoms with van der Waals surface area (Å²) in [6.45, 7) is 1.95. The first-order valence-corrected chi connectivity index (χ1v) is 7.36. The third-order valence-corrected chi connectivity index (χ3v) is 3.26. The van der Waals surface area contributed by atoms with E-state index in [-0.39, 0.29) is 13.3 Å². The van der Waals surface area contributed by atoms with Crippen LogP contribution in [0.2, 0.25) is 0 Å².